The number of aromatic nitrogens is 1. The van der Waals surface area contributed by atoms with Crippen LogP contribution in [0.2, 0.25) is 0 Å². The van der Waals surface area contributed by atoms with Crippen LogP contribution >= 0.6 is 0 Å². The highest BCUT2D eigenvalue weighted by Crippen LogP contribution is 2.45. The molecule has 2 atom stereocenters. The van der Waals surface area contributed by atoms with E-state index in [0.29, 0.717) is 5.92 Å². The lowest BCUT2D eigenvalue weighted by molar-refractivity contribution is 0.0433. The summed E-state index contributed by atoms with van der Waals surface area (Å²) in [6.45, 7) is 4.38. The number of hydrogen-bond donors (Lipinski definition) is 0. The van der Waals surface area contributed by atoms with E-state index in [1.54, 1.807) is 4.57 Å². The highest BCUT2D eigenvalue weighted by atomic mass is 16.5. The minimum atomic E-state index is -0.268. The molecule has 0 spiro atoms. The summed E-state index contributed by atoms with van der Waals surface area (Å²) in [7, 11) is 1.85. The van der Waals surface area contributed by atoms with Crippen LogP contribution in [0.4, 0.5) is 0 Å². The third-order valence-electron chi connectivity index (χ3n) is 5.71. The first-order chi connectivity index (χ1) is 11.0. The summed E-state index contributed by atoms with van der Waals surface area (Å²) in [6, 6.07) is 8.03. The summed E-state index contributed by atoms with van der Waals surface area (Å²) in [5.74, 6) is 1.29. The SMILES string of the molecule is CC1=CCC(C2(C)Cc3c(c4ccccc4n(C)c3=O)O2)CC1. The molecule has 0 amide bonds. The molecule has 4 rings (SSSR count). The number of pyridine rings is 1. The van der Waals surface area contributed by atoms with Crippen LogP contribution in [0.5, 0.6) is 5.75 Å². The van der Waals surface area contributed by atoms with E-state index in [-0.39, 0.29) is 11.2 Å². The van der Waals surface area contributed by atoms with Gasteiger partial charge in [-0.05, 0) is 45.2 Å². The Kier molecular flexibility index (Phi) is 3.15. The second-order valence-corrected chi connectivity index (χ2v) is 7.30. The number of hydrogen-bond acceptors (Lipinski definition) is 2. The quantitative estimate of drug-likeness (QED) is 0.746. The smallest absolute Gasteiger partial charge is 0.257 e. The molecule has 1 aliphatic heterocycles. The standard InChI is InChI=1S/C20H23NO2/c1-13-8-10-14(11-9-13)20(2)12-16-18(23-20)15-6-4-5-7-17(15)21(3)19(16)22/h4-8,14H,9-12H2,1-3H3. The number of allylic oxidation sites excluding steroid dienone is 2. The van der Waals surface area contributed by atoms with Gasteiger partial charge in [-0.2, -0.15) is 0 Å². The van der Waals surface area contributed by atoms with Gasteiger partial charge in [-0.25, -0.2) is 0 Å². The van der Waals surface area contributed by atoms with Gasteiger partial charge in [-0.15, -0.1) is 0 Å². The summed E-state index contributed by atoms with van der Waals surface area (Å²) < 4.78 is 8.23. The molecule has 1 aliphatic carbocycles. The summed E-state index contributed by atoms with van der Waals surface area (Å²) in [4.78, 5) is 12.8. The normalized spacial score (nSPS) is 26.7. The molecule has 1 aromatic carbocycles. The predicted molar refractivity (Wildman–Crippen MR) is 93.0 cm³/mol. The van der Waals surface area contributed by atoms with Gasteiger partial charge in [0.05, 0.1) is 11.1 Å². The molecule has 2 heterocycles. The van der Waals surface area contributed by atoms with Crippen molar-refractivity contribution in [2.45, 2.75) is 45.1 Å². The molecule has 3 heteroatoms. The second-order valence-electron chi connectivity index (χ2n) is 7.30. The zero-order chi connectivity index (χ0) is 16.2. The molecule has 0 radical (unpaired) electrons. The highest BCUT2D eigenvalue weighted by molar-refractivity contribution is 5.87. The first-order valence-corrected chi connectivity index (χ1v) is 8.45. The van der Waals surface area contributed by atoms with Gasteiger partial charge in [0, 0.05) is 24.8 Å². The predicted octanol–water partition coefficient (Wildman–Crippen LogP) is 3.98. The molecular weight excluding hydrogens is 286 g/mol. The van der Waals surface area contributed by atoms with Crippen LogP contribution in [0.25, 0.3) is 10.9 Å². The molecule has 120 valence electrons. The molecule has 23 heavy (non-hydrogen) atoms. The lowest BCUT2D eigenvalue weighted by atomic mass is 9.77. The number of aryl methyl sites for hydroxylation is 1. The van der Waals surface area contributed by atoms with Gasteiger partial charge >= 0.3 is 0 Å². The maximum atomic E-state index is 12.8. The van der Waals surface area contributed by atoms with Crippen molar-refractivity contribution in [3.63, 3.8) is 0 Å². The fourth-order valence-electron chi connectivity index (χ4n) is 4.17. The molecule has 0 N–H and O–H groups in total. The third kappa shape index (κ3) is 2.13. The van der Waals surface area contributed by atoms with Crippen LogP contribution in [0, 0.1) is 5.92 Å². The van der Waals surface area contributed by atoms with Crippen molar-refractivity contribution in [3.8, 4) is 5.75 Å². The van der Waals surface area contributed by atoms with Gasteiger partial charge in [0.2, 0.25) is 0 Å². The fraction of sp³-hybridized carbons (Fsp3) is 0.450. The summed E-state index contributed by atoms with van der Waals surface area (Å²) >= 11 is 0. The molecule has 0 saturated heterocycles. The van der Waals surface area contributed by atoms with Crippen molar-refractivity contribution in [2.24, 2.45) is 13.0 Å². The van der Waals surface area contributed by atoms with Crippen molar-refractivity contribution >= 4 is 10.9 Å². The average molecular weight is 309 g/mol. The fourth-order valence-corrected chi connectivity index (χ4v) is 4.17. The molecule has 0 fully saturated rings. The zero-order valence-electron chi connectivity index (χ0n) is 14.1. The Morgan fingerprint density at radius 3 is 2.83 bits per heavy atom. The van der Waals surface area contributed by atoms with Crippen molar-refractivity contribution in [1.82, 2.24) is 4.57 Å². The third-order valence-corrected chi connectivity index (χ3v) is 5.71. The van der Waals surface area contributed by atoms with E-state index >= 15 is 0 Å². The van der Waals surface area contributed by atoms with Crippen LogP contribution in [0.15, 0.2) is 40.7 Å². The van der Waals surface area contributed by atoms with Crippen molar-refractivity contribution in [1.29, 1.82) is 0 Å². The summed E-state index contributed by atoms with van der Waals surface area (Å²) in [5, 5.41) is 1.05. The Labute approximate surface area is 136 Å². The molecule has 0 saturated carbocycles. The minimum absolute atomic E-state index is 0.0879. The molecule has 0 bridgehead atoms. The number of ether oxygens (including phenoxy) is 1. The molecular formula is C20H23NO2. The second kappa shape index (κ2) is 4.98. The van der Waals surface area contributed by atoms with Crippen molar-refractivity contribution < 1.29 is 4.74 Å². The molecule has 1 aromatic heterocycles. The summed E-state index contributed by atoms with van der Waals surface area (Å²) in [5.41, 5.74) is 3.09. The largest absolute Gasteiger partial charge is 0.486 e. The van der Waals surface area contributed by atoms with Crippen LogP contribution in [-0.4, -0.2) is 10.2 Å². The van der Waals surface area contributed by atoms with Crippen LogP contribution in [-0.2, 0) is 13.5 Å². The van der Waals surface area contributed by atoms with Crippen molar-refractivity contribution in [2.75, 3.05) is 0 Å². The lowest BCUT2D eigenvalue weighted by Crippen LogP contribution is -2.40. The maximum Gasteiger partial charge on any atom is 0.257 e. The maximum absolute atomic E-state index is 12.8. The van der Waals surface area contributed by atoms with E-state index in [4.69, 9.17) is 4.74 Å². The van der Waals surface area contributed by atoms with Gasteiger partial charge in [-0.3, -0.25) is 4.79 Å². The highest BCUT2D eigenvalue weighted by Gasteiger charge is 2.44. The van der Waals surface area contributed by atoms with Gasteiger partial charge < -0.3 is 9.30 Å². The topological polar surface area (TPSA) is 31.2 Å². The van der Waals surface area contributed by atoms with E-state index in [9.17, 15) is 4.79 Å². The van der Waals surface area contributed by atoms with Gasteiger partial charge in [-0.1, -0.05) is 23.8 Å². The Morgan fingerprint density at radius 1 is 1.30 bits per heavy atom. The van der Waals surface area contributed by atoms with Gasteiger partial charge in [0.15, 0.2) is 0 Å². The number of fused-ring (bicyclic) bond motifs is 3. The zero-order valence-corrected chi connectivity index (χ0v) is 14.1. The van der Waals surface area contributed by atoms with E-state index in [1.165, 1.54) is 5.57 Å². The number of rotatable bonds is 1. The van der Waals surface area contributed by atoms with E-state index < -0.39 is 0 Å². The van der Waals surface area contributed by atoms with E-state index in [0.717, 1.165) is 47.9 Å². The van der Waals surface area contributed by atoms with Gasteiger partial charge in [0.1, 0.15) is 11.4 Å². The number of nitrogens with zero attached hydrogens (tertiary/aromatic N) is 1. The monoisotopic (exact) mass is 309 g/mol. The van der Waals surface area contributed by atoms with Crippen molar-refractivity contribution in [3.05, 3.63) is 51.8 Å². The van der Waals surface area contributed by atoms with E-state index in [1.807, 2.05) is 25.2 Å². The minimum Gasteiger partial charge on any atom is -0.486 e. The number of para-hydroxylation sites is 1. The lowest BCUT2D eigenvalue weighted by Gasteiger charge is -2.35. The molecule has 3 nitrogen and oxygen atoms in total. The van der Waals surface area contributed by atoms with Crippen LogP contribution in [0.1, 0.15) is 38.7 Å². The Bertz CT molecular complexity index is 877. The number of benzene rings is 1. The Hall–Kier alpha value is -2.03. The molecule has 2 aromatic rings. The molecule has 2 unspecified atom stereocenters. The summed E-state index contributed by atoms with van der Waals surface area (Å²) in [6.07, 6.45) is 6.39. The first-order valence-electron chi connectivity index (χ1n) is 8.45. The average Bonchev–Trinajstić information content (AvgIpc) is 2.92. The Morgan fingerprint density at radius 2 is 2.09 bits per heavy atom. The first kappa shape index (κ1) is 14.6. The van der Waals surface area contributed by atoms with Crippen LogP contribution in [0.3, 0.4) is 0 Å². The Balaban J connectivity index is 1.82. The van der Waals surface area contributed by atoms with Gasteiger partial charge in [0.25, 0.3) is 5.56 Å². The van der Waals surface area contributed by atoms with Crippen LogP contribution < -0.4 is 10.3 Å². The molecule has 2 aliphatic rings. The van der Waals surface area contributed by atoms with E-state index in [2.05, 4.69) is 26.0 Å².